The van der Waals surface area contributed by atoms with Crippen LogP contribution < -0.4 is 11.1 Å². The Morgan fingerprint density at radius 2 is 2.31 bits per heavy atom. The summed E-state index contributed by atoms with van der Waals surface area (Å²) in [5.74, 6) is -0.109. The molecule has 1 atom stereocenters. The normalized spacial score (nSPS) is 12.2. The molecule has 0 saturated heterocycles. The van der Waals surface area contributed by atoms with E-state index in [-0.39, 0.29) is 5.91 Å². The molecule has 4 heteroatoms. The first-order valence-electron chi connectivity index (χ1n) is 5.41. The van der Waals surface area contributed by atoms with Gasteiger partial charge in [0.1, 0.15) is 0 Å². The lowest BCUT2D eigenvalue weighted by atomic mass is 10.1. The van der Waals surface area contributed by atoms with Crippen molar-refractivity contribution in [3.05, 3.63) is 34.9 Å². The Bertz CT molecular complexity index is 355. The van der Waals surface area contributed by atoms with Crippen LogP contribution in [0.1, 0.15) is 25.3 Å². The van der Waals surface area contributed by atoms with Gasteiger partial charge in [0, 0.05) is 11.6 Å². The van der Waals surface area contributed by atoms with E-state index < -0.39 is 6.04 Å². The van der Waals surface area contributed by atoms with Gasteiger partial charge >= 0.3 is 0 Å². The highest BCUT2D eigenvalue weighted by molar-refractivity contribution is 6.30. The Labute approximate surface area is 101 Å². The zero-order valence-corrected chi connectivity index (χ0v) is 10.1. The van der Waals surface area contributed by atoms with Gasteiger partial charge in [0.25, 0.3) is 0 Å². The van der Waals surface area contributed by atoms with Crippen LogP contribution in [0.25, 0.3) is 0 Å². The molecular weight excluding hydrogens is 224 g/mol. The molecule has 3 N–H and O–H groups in total. The van der Waals surface area contributed by atoms with E-state index in [9.17, 15) is 4.79 Å². The summed E-state index contributed by atoms with van der Waals surface area (Å²) in [5.41, 5.74) is 6.66. The molecule has 0 saturated carbocycles. The summed E-state index contributed by atoms with van der Waals surface area (Å²) >= 11 is 5.84. The largest absolute Gasteiger partial charge is 0.351 e. The second-order valence-corrected chi connectivity index (χ2v) is 4.18. The van der Waals surface area contributed by atoms with E-state index in [4.69, 9.17) is 17.3 Å². The van der Waals surface area contributed by atoms with E-state index in [1.165, 1.54) is 0 Å². The fourth-order valence-corrected chi connectivity index (χ4v) is 1.62. The standard InChI is InChI=1S/C12H17ClN2O/c1-2-4-11(14)12(16)15-8-9-5-3-6-10(13)7-9/h3,5-7,11H,2,4,8,14H2,1H3,(H,15,16). The van der Waals surface area contributed by atoms with Crippen LogP contribution in [0.15, 0.2) is 24.3 Å². The maximum atomic E-state index is 11.5. The molecule has 1 aromatic carbocycles. The molecule has 0 aliphatic carbocycles. The van der Waals surface area contributed by atoms with Crippen molar-refractivity contribution in [1.82, 2.24) is 5.32 Å². The number of carbonyl (C=O) groups is 1. The van der Waals surface area contributed by atoms with Crippen LogP contribution in [0.2, 0.25) is 5.02 Å². The van der Waals surface area contributed by atoms with E-state index in [0.717, 1.165) is 12.0 Å². The lowest BCUT2D eigenvalue weighted by Crippen LogP contribution is -2.40. The highest BCUT2D eigenvalue weighted by Crippen LogP contribution is 2.10. The number of amides is 1. The molecule has 0 aliphatic rings. The molecule has 0 aliphatic heterocycles. The number of hydrogen-bond donors (Lipinski definition) is 2. The quantitative estimate of drug-likeness (QED) is 0.828. The lowest BCUT2D eigenvalue weighted by molar-refractivity contribution is -0.122. The summed E-state index contributed by atoms with van der Waals surface area (Å²) in [6, 6.07) is 6.99. The van der Waals surface area contributed by atoms with Gasteiger partial charge in [0.05, 0.1) is 6.04 Å². The molecular formula is C12H17ClN2O. The van der Waals surface area contributed by atoms with Gasteiger partial charge in [-0.3, -0.25) is 4.79 Å². The van der Waals surface area contributed by atoms with Crippen molar-refractivity contribution >= 4 is 17.5 Å². The molecule has 0 radical (unpaired) electrons. The van der Waals surface area contributed by atoms with Crippen molar-refractivity contribution < 1.29 is 4.79 Å². The van der Waals surface area contributed by atoms with Gasteiger partial charge in [-0.2, -0.15) is 0 Å². The molecule has 16 heavy (non-hydrogen) atoms. The predicted octanol–water partition coefficient (Wildman–Crippen LogP) is 2.08. The number of nitrogens with one attached hydrogen (secondary N) is 1. The number of benzene rings is 1. The number of hydrogen-bond acceptors (Lipinski definition) is 2. The molecule has 1 amide bonds. The van der Waals surface area contributed by atoms with Gasteiger partial charge < -0.3 is 11.1 Å². The molecule has 1 aromatic rings. The maximum Gasteiger partial charge on any atom is 0.237 e. The monoisotopic (exact) mass is 240 g/mol. The van der Waals surface area contributed by atoms with Gasteiger partial charge in [-0.25, -0.2) is 0 Å². The van der Waals surface area contributed by atoms with Crippen LogP contribution in [-0.4, -0.2) is 11.9 Å². The summed E-state index contributed by atoms with van der Waals surface area (Å²) in [6.07, 6.45) is 1.62. The molecule has 88 valence electrons. The average molecular weight is 241 g/mol. The molecule has 0 aromatic heterocycles. The predicted molar refractivity (Wildman–Crippen MR) is 66.2 cm³/mol. The zero-order valence-electron chi connectivity index (χ0n) is 9.37. The summed E-state index contributed by atoms with van der Waals surface area (Å²) in [4.78, 5) is 11.5. The first-order chi connectivity index (χ1) is 7.63. The summed E-state index contributed by atoms with van der Waals surface area (Å²) in [7, 11) is 0. The Balaban J connectivity index is 2.42. The van der Waals surface area contributed by atoms with Gasteiger partial charge in [-0.05, 0) is 24.1 Å². The van der Waals surface area contributed by atoms with Crippen molar-refractivity contribution in [2.24, 2.45) is 5.73 Å². The minimum Gasteiger partial charge on any atom is -0.351 e. The van der Waals surface area contributed by atoms with Crippen LogP contribution in [0.4, 0.5) is 0 Å². The molecule has 0 heterocycles. The Morgan fingerprint density at radius 3 is 2.94 bits per heavy atom. The van der Waals surface area contributed by atoms with Crippen molar-refractivity contribution in [2.45, 2.75) is 32.4 Å². The summed E-state index contributed by atoms with van der Waals surface area (Å²) in [6.45, 7) is 2.47. The van der Waals surface area contributed by atoms with Gasteiger partial charge in [-0.15, -0.1) is 0 Å². The Kier molecular flexibility index (Phi) is 5.29. The molecule has 1 unspecified atom stereocenters. The van der Waals surface area contributed by atoms with Gasteiger partial charge in [-0.1, -0.05) is 37.1 Å². The summed E-state index contributed by atoms with van der Waals surface area (Å²) in [5, 5.41) is 3.46. The Morgan fingerprint density at radius 1 is 1.56 bits per heavy atom. The van der Waals surface area contributed by atoms with Crippen molar-refractivity contribution in [3.8, 4) is 0 Å². The fraction of sp³-hybridized carbons (Fsp3) is 0.417. The third kappa shape index (κ3) is 4.21. The number of carbonyl (C=O) groups excluding carboxylic acids is 1. The smallest absolute Gasteiger partial charge is 0.237 e. The molecule has 0 spiro atoms. The first kappa shape index (κ1) is 13.0. The number of nitrogens with two attached hydrogens (primary N) is 1. The van der Waals surface area contributed by atoms with Gasteiger partial charge in [0.15, 0.2) is 0 Å². The number of halogens is 1. The number of rotatable bonds is 5. The highest BCUT2D eigenvalue weighted by Gasteiger charge is 2.11. The minimum atomic E-state index is -0.413. The van der Waals surface area contributed by atoms with E-state index >= 15 is 0 Å². The average Bonchev–Trinajstić information content (AvgIpc) is 2.26. The van der Waals surface area contributed by atoms with Crippen LogP contribution in [0.3, 0.4) is 0 Å². The summed E-state index contributed by atoms with van der Waals surface area (Å²) < 4.78 is 0. The third-order valence-corrected chi connectivity index (χ3v) is 2.53. The van der Waals surface area contributed by atoms with E-state index in [1.807, 2.05) is 25.1 Å². The molecule has 3 nitrogen and oxygen atoms in total. The second-order valence-electron chi connectivity index (χ2n) is 3.74. The van der Waals surface area contributed by atoms with E-state index in [0.29, 0.717) is 18.0 Å². The first-order valence-corrected chi connectivity index (χ1v) is 5.79. The lowest BCUT2D eigenvalue weighted by Gasteiger charge is -2.11. The van der Waals surface area contributed by atoms with Gasteiger partial charge in [0.2, 0.25) is 5.91 Å². The molecule has 1 rings (SSSR count). The van der Waals surface area contributed by atoms with Crippen LogP contribution in [0, 0.1) is 0 Å². The van der Waals surface area contributed by atoms with E-state index in [1.54, 1.807) is 6.07 Å². The minimum absolute atomic E-state index is 0.109. The third-order valence-electron chi connectivity index (χ3n) is 2.29. The zero-order chi connectivity index (χ0) is 12.0. The second kappa shape index (κ2) is 6.51. The van der Waals surface area contributed by atoms with Crippen molar-refractivity contribution in [3.63, 3.8) is 0 Å². The topological polar surface area (TPSA) is 55.1 Å². The molecule has 0 bridgehead atoms. The van der Waals surface area contributed by atoms with Crippen LogP contribution in [-0.2, 0) is 11.3 Å². The SMILES string of the molecule is CCCC(N)C(=O)NCc1cccc(Cl)c1. The highest BCUT2D eigenvalue weighted by atomic mass is 35.5. The van der Waals surface area contributed by atoms with Crippen molar-refractivity contribution in [1.29, 1.82) is 0 Å². The maximum absolute atomic E-state index is 11.5. The van der Waals surface area contributed by atoms with Crippen molar-refractivity contribution in [2.75, 3.05) is 0 Å². The van der Waals surface area contributed by atoms with E-state index in [2.05, 4.69) is 5.32 Å². The van der Waals surface area contributed by atoms with Crippen LogP contribution >= 0.6 is 11.6 Å². The van der Waals surface area contributed by atoms with Crippen LogP contribution in [0.5, 0.6) is 0 Å². The Hall–Kier alpha value is -1.06. The molecule has 0 fully saturated rings. The fourth-order valence-electron chi connectivity index (χ4n) is 1.41.